The van der Waals surface area contributed by atoms with Crippen LogP contribution in [0.1, 0.15) is 43.4 Å². The normalized spacial score (nSPS) is 17.4. The number of guanidine groups is 1. The Hall–Kier alpha value is -2.44. The molecule has 30 heavy (non-hydrogen) atoms. The van der Waals surface area contributed by atoms with Crippen LogP contribution in [0.3, 0.4) is 0 Å². The number of halogens is 1. The van der Waals surface area contributed by atoms with Crippen LogP contribution in [0.25, 0.3) is 0 Å². The molecule has 0 bridgehead atoms. The Kier molecular flexibility index (Phi) is 8.22. The molecule has 1 fully saturated rings. The van der Waals surface area contributed by atoms with Crippen molar-refractivity contribution in [2.75, 3.05) is 32.8 Å². The monoisotopic (exact) mass is 413 g/mol. The summed E-state index contributed by atoms with van der Waals surface area (Å²) in [5.41, 5.74) is 1.86. The zero-order valence-corrected chi connectivity index (χ0v) is 17.6. The number of aliphatic imine (C=N–C) groups is 1. The highest BCUT2D eigenvalue weighted by Gasteiger charge is 2.34. The van der Waals surface area contributed by atoms with Crippen LogP contribution in [0.15, 0.2) is 59.6 Å². The largest absolute Gasteiger partial charge is 0.388 e. The van der Waals surface area contributed by atoms with Gasteiger partial charge in [-0.1, -0.05) is 42.5 Å². The lowest BCUT2D eigenvalue weighted by Crippen LogP contribution is -2.41. The number of nitrogens with one attached hydrogen (secondary N) is 2. The highest BCUT2D eigenvalue weighted by molar-refractivity contribution is 5.79. The summed E-state index contributed by atoms with van der Waals surface area (Å²) >= 11 is 0. The zero-order valence-electron chi connectivity index (χ0n) is 17.6. The van der Waals surface area contributed by atoms with Gasteiger partial charge in [0.1, 0.15) is 5.82 Å². The van der Waals surface area contributed by atoms with Gasteiger partial charge in [-0.3, -0.25) is 4.99 Å². The average Bonchev–Trinajstić information content (AvgIpc) is 2.79. The topological polar surface area (TPSA) is 65.9 Å². The SMILES string of the molecule is CCNC(=NCC1(c2ccc(F)cc2)CCOCC1)NCCC(O)c1ccccc1. The van der Waals surface area contributed by atoms with Gasteiger partial charge in [0.25, 0.3) is 0 Å². The minimum Gasteiger partial charge on any atom is -0.388 e. The molecule has 1 heterocycles. The molecule has 162 valence electrons. The average molecular weight is 414 g/mol. The molecule has 1 unspecified atom stereocenters. The number of nitrogens with zero attached hydrogens (tertiary/aromatic N) is 1. The van der Waals surface area contributed by atoms with Gasteiger partial charge in [0.2, 0.25) is 0 Å². The minimum absolute atomic E-state index is 0.155. The molecule has 2 aromatic rings. The first kappa shape index (κ1) is 22.2. The van der Waals surface area contributed by atoms with Gasteiger partial charge in [-0.05, 0) is 49.4 Å². The van der Waals surface area contributed by atoms with Crippen LogP contribution in [-0.4, -0.2) is 43.9 Å². The van der Waals surface area contributed by atoms with Gasteiger partial charge in [-0.15, -0.1) is 0 Å². The summed E-state index contributed by atoms with van der Waals surface area (Å²) in [6, 6.07) is 16.4. The lowest BCUT2D eigenvalue weighted by molar-refractivity contribution is 0.0531. The Morgan fingerprint density at radius 3 is 2.47 bits per heavy atom. The number of aliphatic hydroxyl groups excluding tert-OH is 1. The van der Waals surface area contributed by atoms with Crippen LogP contribution in [0.5, 0.6) is 0 Å². The number of rotatable bonds is 8. The van der Waals surface area contributed by atoms with Gasteiger partial charge in [0, 0.05) is 31.7 Å². The van der Waals surface area contributed by atoms with Crippen molar-refractivity contribution in [2.45, 2.75) is 37.7 Å². The van der Waals surface area contributed by atoms with E-state index in [1.165, 1.54) is 12.1 Å². The van der Waals surface area contributed by atoms with Gasteiger partial charge in [0.15, 0.2) is 5.96 Å². The zero-order chi connectivity index (χ0) is 21.2. The molecule has 1 aliphatic rings. The third-order valence-corrected chi connectivity index (χ3v) is 5.69. The Balaban J connectivity index is 1.64. The molecule has 6 heteroatoms. The Bertz CT molecular complexity index is 790. The molecule has 3 rings (SSSR count). The molecular formula is C24H32FN3O2. The van der Waals surface area contributed by atoms with Crippen molar-refractivity contribution >= 4 is 5.96 Å². The van der Waals surface area contributed by atoms with E-state index in [1.54, 1.807) is 0 Å². The predicted molar refractivity (Wildman–Crippen MR) is 118 cm³/mol. The summed E-state index contributed by atoms with van der Waals surface area (Å²) in [4.78, 5) is 4.84. The van der Waals surface area contributed by atoms with Crippen LogP contribution in [0.2, 0.25) is 0 Å². The molecule has 0 radical (unpaired) electrons. The second-order valence-electron chi connectivity index (χ2n) is 7.74. The lowest BCUT2D eigenvalue weighted by atomic mass is 9.74. The predicted octanol–water partition coefficient (Wildman–Crippen LogP) is 3.55. The summed E-state index contributed by atoms with van der Waals surface area (Å²) in [6.45, 7) is 5.34. The number of hydrogen-bond acceptors (Lipinski definition) is 3. The van der Waals surface area contributed by atoms with Gasteiger partial charge in [-0.2, -0.15) is 0 Å². The molecule has 0 spiro atoms. The summed E-state index contributed by atoms with van der Waals surface area (Å²) < 4.78 is 19.0. The Morgan fingerprint density at radius 1 is 1.10 bits per heavy atom. The highest BCUT2D eigenvalue weighted by atomic mass is 19.1. The van der Waals surface area contributed by atoms with Crippen molar-refractivity contribution < 1.29 is 14.2 Å². The molecule has 2 aromatic carbocycles. The van der Waals surface area contributed by atoms with Crippen molar-refractivity contribution in [1.29, 1.82) is 0 Å². The van der Waals surface area contributed by atoms with Crippen molar-refractivity contribution in [3.05, 3.63) is 71.5 Å². The molecular weight excluding hydrogens is 381 g/mol. The smallest absolute Gasteiger partial charge is 0.191 e. The number of benzene rings is 2. The number of hydrogen-bond donors (Lipinski definition) is 3. The fourth-order valence-corrected chi connectivity index (χ4v) is 3.84. The molecule has 0 saturated carbocycles. The number of aliphatic hydroxyl groups is 1. The first-order chi connectivity index (χ1) is 14.6. The fraction of sp³-hybridized carbons (Fsp3) is 0.458. The molecule has 0 amide bonds. The first-order valence-electron chi connectivity index (χ1n) is 10.7. The maximum Gasteiger partial charge on any atom is 0.191 e. The van der Waals surface area contributed by atoms with Gasteiger partial charge < -0.3 is 20.5 Å². The summed E-state index contributed by atoms with van der Waals surface area (Å²) in [5.74, 6) is 0.502. The third-order valence-electron chi connectivity index (χ3n) is 5.69. The Morgan fingerprint density at radius 2 is 1.80 bits per heavy atom. The van der Waals surface area contributed by atoms with Crippen LogP contribution in [0.4, 0.5) is 4.39 Å². The standard InChI is InChI=1S/C24H32FN3O2/c1-2-26-23(27-15-12-22(29)19-6-4-3-5-7-19)28-18-24(13-16-30-17-14-24)20-8-10-21(25)11-9-20/h3-11,22,29H,2,12-18H2,1H3,(H2,26,27,28). The molecule has 1 saturated heterocycles. The summed E-state index contributed by atoms with van der Waals surface area (Å²) in [5, 5.41) is 17.0. The van der Waals surface area contributed by atoms with E-state index < -0.39 is 6.10 Å². The first-order valence-corrected chi connectivity index (χ1v) is 10.7. The molecule has 0 aromatic heterocycles. The van der Waals surface area contributed by atoms with E-state index in [4.69, 9.17) is 9.73 Å². The van der Waals surface area contributed by atoms with Crippen LogP contribution < -0.4 is 10.6 Å². The molecule has 3 N–H and O–H groups in total. The van der Waals surface area contributed by atoms with Crippen LogP contribution in [0, 0.1) is 5.82 Å². The maximum atomic E-state index is 13.4. The van der Waals surface area contributed by atoms with Gasteiger partial charge in [0.05, 0.1) is 12.6 Å². The van der Waals surface area contributed by atoms with Crippen molar-refractivity contribution in [1.82, 2.24) is 10.6 Å². The van der Waals surface area contributed by atoms with Crippen molar-refractivity contribution in [2.24, 2.45) is 4.99 Å². The van der Waals surface area contributed by atoms with Crippen LogP contribution >= 0.6 is 0 Å². The molecule has 1 aliphatic heterocycles. The van der Waals surface area contributed by atoms with Gasteiger partial charge >= 0.3 is 0 Å². The second kappa shape index (κ2) is 11.1. The quantitative estimate of drug-likeness (QED) is 0.457. The van der Waals surface area contributed by atoms with E-state index in [0.717, 1.165) is 36.5 Å². The van der Waals surface area contributed by atoms with Gasteiger partial charge in [-0.25, -0.2) is 4.39 Å². The van der Waals surface area contributed by atoms with Crippen molar-refractivity contribution in [3.63, 3.8) is 0 Å². The lowest BCUT2D eigenvalue weighted by Gasteiger charge is -2.36. The maximum absolute atomic E-state index is 13.4. The second-order valence-corrected chi connectivity index (χ2v) is 7.74. The Labute approximate surface area is 178 Å². The molecule has 5 nitrogen and oxygen atoms in total. The van der Waals surface area contributed by atoms with Crippen LogP contribution in [-0.2, 0) is 10.2 Å². The summed E-state index contributed by atoms with van der Waals surface area (Å²) in [7, 11) is 0. The summed E-state index contributed by atoms with van der Waals surface area (Å²) in [6.07, 6.45) is 1.79. The molecule has 1 atom stereocenters. The fourth-order valence-electron chi connectivity index (χ4n) is 3.84. The van der Waals surface area contributed by atoms with E-state index in [9.17, 15) is 9.50 Å². The van der Waals surface area contributed by atoms with E-state index in [2.05, 4.69) is 10.6 Å². The van der Waals surface area contributed by atoms with Crippen molar-refractivity contribution in [3.8, 4) is 0 Å². The third kappa shape index (κ3) is 6.03. The minimum atomic E-state index is -0.511. The highest BCUT2D eigenvalue weighted by Crippen LogP contribution is 2.35. The van der Waals surface area contributed by atoms with E-state index in [1.807, 2.05) is 49.4 Å². The van der Waals surface area contributed by atoms with E-state index in [-0.39, 0.29) is 11.2 Å². The van der Waals surface area contributed by atoms with E-state index >= 15 is 0 Å². The molecule has 0 aliphatic carbocycles. The van der Waals surface area contributed by atoms with E-state index in [0.29, 0.717) is 32.7 Å². The number of ether oxygens (including phenoxy) is 1.